The molecule has 5 aromatic rings. The van der Waals surface area contributed by atoms with Crippen molar-refractivity contribution in [3.05, 3.63) is 107 Å². The second kappa shape index (κ2) is 12.5. The van der Waals surface area contributed by atoms with Crippen molar-refractivity contribution < 1.29 is 9.53 Å². The van der Waals surface area contributed by atoms with Gasteiger partial charge in [-0.3, -0.25) is 14.2 Å². The second-order valence-corrected chi connectivity index (χ2v) is 10.1. The standard InChI is InChI=1S/C31H30N4O3S/c1-2-3-18-35-30(37)29-28(26(19-32-29)23-12-8-5-9-13-23)34-31(35)39-21-27(36)33-24-14-16-25(17-15-24)38-20-22-10-6-4-7-11-22/h4-17,19,32H,2-3,18,20-21H2,1H3,(H,33,36). The smallest absolute Gasteiger partial charge is 0.278 e. The Labute approximate surface area is 231 Å². The third kappa shape index (κ3) is 6.41. The molecular weight excluding hydrogens is 508 g/mol. The number of benzene rings is 3. The van der Waals surface area contributed by atoms with Gasteiger partial charge in [0.25, 0.3) is 5.56 Å². The van der Waals surface area contributed by atoms with Crippen molar-refractivity contribution in [1.29, 1.82) is 0 Å². The third-order valence-electron chi connectivity index (χ3n) is 6.29. The molecule has 198 valence electrons. The van der Waals surface area contributed by atoms with E-state index >= 15 is 0 Å². The van der Waals surface area contributed by atoms with E-state index in [-0.39, 0.29) is 17.2 Å². The maximum atomic E-state index is 13.4. The highest BCUT2D eigenvalue weighted by Crippen LogP contribution is 2.28. The molecule has 0 aliphatic carbocycles. The van der Waals surface area contributed by atoms with Gasteiger partial charge in [0, 0.05) is 24.0 Å². The first-order valence-electron chi connectivity index (χ1n) is 13.0. The lowest BCUT2D eigenvalue weighted by atomic mass is 10.1. The number of rotatable bonds is 11. The normalized spacial score (nSPS) is 11.0. The number of amides is 1. The number of nitrogens with zero attached hydrogens (tertiary/aromatic N) is 2. The molecule has 5 rings (SSSR count). The molecule has 0 saturated carbocycles. The molecule has 0 radical (unpaired) electrons. The molecule has 0 atom stereocenters. The van der Waals surface area contributed by atoms with Crippen LogP contribution in [0.1, 0.15) is 25.3 Å². The Kier molecular flexibility index (Phi) is 8.43. The fourth-order valence-electron chi connectivity index (χ4n) is 4.24. The molecule has 2 heterocycles. The van der Waals surface area contributed by atoms with Gasteiger partial charge in [-0.15, -0.1) is 0 Å². The predicted molar refractivity (Wildman–Crippen MR) is 157 cm³/mol. The summed E-state index contributed by atoms with van der Waals surface area (Å²) in [6.07, 6.45) is 3.62. The van der Waals surface area contributed by atoms with Crippen molar-refractivity contribution in [3.63, 3.8) is 0 Å². The molecule has 0 fully saturated rings. The van der Waals surface area contributed by atoms with Gasteiger partial charge in [-0.2, -0.15) is 0 Å². The molecule has 0 unspecified atom stereocenters. The highest BCUT2D eigenvalue weighted by atomic mass is 32.2. The van der Waals surface area contributed by atoms with Crippen molar-refractivity contribution in [2.24, 2.45) is 0 Å². The van der Waals surface area contributed by atoms with Crippen LogP contribution in [0.25, 0.3) is 22.2 Å². The summed E-state index contributed by atoms with van der Waals surface area (Å²) in [5.41, 5.74) is 4.59. The molecule has 2 N–H and O–H groups in total. The van der Waals surface area contributed by atoms with Crippen molar-refractivity contribution in [1.82, 2.24) is 14.5 Å². The van der Waals surface area contributed by atoms with Crippen molar-refractivity contribution in [3.8, 4) is 16.9 Å². The van der Waals surface area contributed by atoms with E-state index in [9.17, 15) is 9.59 Å². The minimum absolute atomic E-state index is 0.121. The summed E-state index contributed by atoms with van der Waals surface area (Å²) in [7, 11) is 0. The van der Waals surface area contributed by atoms with Crippen LogP contribution in [0.5, 0.6) is 5.75 Å². The number of ether oxygens (including phenoxy) is 1. The lowest BCUT2D eigenvalue weighted by molar-refractivity contribution is -0.113. The Bertz CT molecular complexity index is 1600. The van der Waals surface area contributed by atoms with Gasteiger partial charge in [0.05, 0.1) is 5.75 Å². The van der Waals surface area contributed by atoms with E-state index in [0.717, 1.165) is 35.3 Å². The molecule has 7 nitrogen and oxygen atoms in total. The Morgan fingerprint density at radius 1 is 1.00 bits per heavy atom. The van der Waals surface area contributed by atoms with Crippen LogP contribution < -0.4 is 15.6 Å². The van der Waals surface area contributed by atoms with E-state index in [4.69, 9.17) is 9.72 Å². The molecule has 0 spiro atoms. The van der Waals surface area contributed by atoms with Gasteiger partial charge >= 0.3 is 0 Å². The zero-order valence-electron chi connectivity index (χ0n) is 21.7. The number of aromatic amines is 1. The fraction of sp³-hybridized carbons (Fsp3) is 0.194. The number of hydrogen-bond acceptors (Lipinski definition) is 5. The number of aromatic nitrogens is 3. The summed E-state index contributed by atoms with van der Waals surface area (Å²) in [5, 5.41) is 3.46. The number of thioether (sulfide) groups is 1. The average Bonchev–Trinajstić information content (AvgIpc) is 3.40. The molecule has 1 amide bonds. The van der Waals surface area contributed by atoms with Gasteiger partial charge in [0.1, 0.15) is 23.4 Å². The van der Waals surface area contributed by atoms with Crippen molar-refractivity contribution >= 4 is 34.4 Å². The number of H-pyrrole nitrogens is 1. The van der Waals surface area contributed by atoms with E-state index in [1.54, 1.807) is 4.57 Å². The van der Waals surface area contributed by atoms with Crippen molar-refractivity contribution in [2.75, 3.05) is 11.1 Å². The Balaban J connectivity index is 1.28. The number of hydrogen-bond donors (Lipinski definition) is 2. The van der Waals surface area contributed by atoms with Crippen LogP contribution in [0.2, 0.25) is 0 Å². The van der Waals surface area contributed by atoms with Crippen LogP contribution >= 0.6 is 11.8 Å². The minimum Gasteiger partial charge on any atom is -0.489 e. The number of fused-ring (bicyclic) bond motifs is 1. The van der Waals surface area contributed by atoms with Crippen LogP contribution in [-0.2, 0) is 17.9 Å². The van der Waals surface area contributed by atoms with Crippen molar-refractivity contribution in [2.45, 2.75) is 38.1 Å². The average molecular weight is 539 g/mol. The highest BCUT2D eigenvalue weighted by molar-refractivity contribution is 7.99. The predicted octanol–water partition coefficient (Wildman–Crippen LogP) is 6.50. The largest absolute Gasteiger partial charge is 0.489 e. The first-order chi connectivity index (χ1) is 19.1. The maximum absolute atomic E-state index is 13.4. The van der Waals surface area contributed by atoms with Gasteiger partial charge in [0.2, 0.25) is 5.91 Å². The molecule has 39 heavy (non-hydrogen) atoms. The van der Waals surface area contributed by atoms with E-state index in [0.29, 0.717) is 35.0 Å². The van der Waals surface area contributed by atoms with Crippen LogP contribution in [0, 0.1) is 0 Å². The van der Waals surface area contributed by atoms with Gasteiger partial charge in [-0.1, -0.05) is 85.8 Å². The lowest BCUT2D eigenvalue weighted by Crippen LogP contribution is -2.24. The minimum atomic E-state index is -0.174. The van der Waals surface area contributed by atoms with E-state index in [2.05, 4.69) is 17.2 Å². The number of carbonyl (C=O) groups is 1. The van der Waals surface area contributed by atoms with Gasteiger partial charge in [-0.05, 0) is 41.8 Å². The van der Waals surface area contributed by atoms with Gasteiger partial charge in [-0.25, -0.2) is 4.98 Å². The molecule has 0 aliphatic rings. The summed E-state index contributed by atoms with van der Waals surface area (Å²) in [4.78, 5) is 34.2. The highest BCUT2D eigenvalue weighted by Gasteiger charge is 2.17. The second-order valence-electron chi connectivity index (χ2n) is 9.13. The Morgan fingerprint density at radius 2 is 1.72 bits per heavy atom. The fourth-order valence-corrected chi connectivity index (χ4v) is 5.05. The summed E-state index contributed by atoms with van der Waals surface area (Å²) in [6.45, 7) is 3.11. The van der Waals surface area contributed by atoms with E-state index in [1.165, 1.54) is 11.8 Å². The summed E-state index contributed by atoms with van der Waals surface area (Å²) in [5.74, 6) is 0.678. The number of carbonyl (C=O) groups excluding carboxylic acids is 1. The van der Waals surface area contributed by atoms with Gasteiger partial charge in [0.15, 0.2) is 5.16 Å². The zero-order chi connectivity index (χ0) is 27.0. The third-order valence-corrected chi connectivity index (χ3v) is 7.27. The monoisotopic (exact) mass is 538 g/mol. The summed E-state index contributed by atoms with van der Waals surface area (Å²) in [6, 6.07) is 27.1. The molecule has 3 aromatic carbocycles. The number of nitrogens with one attached hydrogen (secondary N) is 2. The quantitative estimate of drug-likeness (QED) is 0.148. The van der Waals surface area contributed by atoms with Crippen LogP contribution in [-0.4, -0.2) is 26.2 Å². The first-order valence-corrected chi connectivity index (χ1v) is 14.0. The van der Waals surface area contributed by atoms with Crippen LogP contribution in [0.4, 0.5) is 5.69 Å². The van der Waals surface area contributed by atoms with Crippen LogP contribution in [0.15, 0.2) is 101 Å². The summed E-state index contributed by atoms with van der Waals surface area (Å²) < 4.78 is 7.50. The lowest BCUT2D eigenvalue weighted by Gasteiger charge is -2.12. The summed E-state index contributed by atoms with van der Waals surface area (Å²) >= 11 is 1.27. The molecule has 0 saturated heterocycles. The zero-order valence-corrected chi connectivity index (χ0v) is 22.5. The number of anilines is 1. The molecule has 8 heteroatoms. The van der Waals surface area contributed by atoms with E-state index in [1.807, 2.05) is 91.1 Å². The molecular formula is C31H30N4O3S. The first kappa shape index (κ1) is 26.3. The Morgan fingerprint density at radius 3 is 2.44 bits per heavy atom. The molecule has 0 aliphatic heterocycles. The van der Waals surface area contributed by atoms with E-state index < -0.39 is 0 Å². The topological polar surface area (TPSA) is 89.0 Å². The molecule has 0 bridgehead atoms. The molecule has 2 aromatic heterocycles. The number of unbranched alkanes of at least 4 members (excludes halogenated alkanes) is 1. The van der Waals surface area contributed by atoms with Gasteiger partial charge < -0.3 is 15.0 Å². The SMILES string of the molecule is CCCCn1c(SCC(=O)Nc2ccc(OCc3ccccc3)cc2)nc2c(-c3ccccc3)c[nH]c2c1=O. The maximum Gasteiger partial charge on any atom is 0.278 e. The van der Waals surface area contributed by atoms with Crippen LogP contribution in [0.3, 0.4) is 0 Å². The Hall–Kier alpha value is -4.30.